The van der Waals surface area contributed by atoms with Gasteiger partial charge < -0.3 is 0 Å². The monoisotopic (exact) mass is 288 g/mol. The van der Waals surface area contributed by atoms with Crippen molar-refractivity contribution in [1.29, 1.82) is 10.5 Å². The Hall–Kier alpha value is -2.84. The molecule has 0 aromatic heterocycles. The number of fused-ring (bicyclic) bond motifs is 3. The van der Waals surface area contributed by atoms with Crippen LogP contribution in [-0.2, 0) is 0 Å². The van der Waals surface area contributed by atoms with E-state index in [4.69, 9.17) is 10.5 Å². The molecule has 22 heavy (non-hydrogen) atoms. The van der Waals surface area contributed by atoms with Gasteiger partial charge >= 0.3 is 0 Å². The molecule has 3 rings (SSSR count). The molecule has 0 saturated carbocycles. The molecule has 110 valence electrons. The van der Waals surface area contributed by atoms with Crippen LogP contribution in [0.2, 0.25) is 0 Å². The molecule has 0 spiro atoms. The summed E-state index contributed by atoms with van der Waals surface area (Å²) >= 11 is 0. The molecule has 0 N–H and O–H groups in total. The maximum Gasteiger partial charge on any atom is 0.138 e. The van der Waals surface area contributed by atoms with Gasteiger partial charge in [0.25, 0.3) is 0 Å². The van der Waals surface area contributed by atoms with Gasteiger partial charge in [0.15, 0.2) is 0 Å². The largest absolute Gasteiger partial charge is 0.192 e. The van der Waals surface area contributed by atoms with Crippen molar-refractivity contribution in [1.82, 2.24) is 0 Å². The van der Waals surface area contributed by atoms with Gasteiger partial charge in [-0.3, -0.25) is 0 Å². The van der Waals surface area contributed by atoms with Crippen LogP contribution >= 0.6 is 0 Å². The Labute approximate surface area is 133 Å². The molecule has 0 saturated heterocycles. The predicted molar refractivity (Wildman–Crippen MR) is 91.8 cm³/mol. The summed E-state index contributed by atoms with van der Waals surface area (Å²) in [6, 6.07) is 19.7. The van der Waals surface area contributed by atoms with Crippen LogP contribution in [0, 0.1) is 22.7 Å². The second-order valence-corrected chi connectivity index (χ2v) is 4.06. The van der Waals surface area contributed by atoms with E-state index in [0.29, 0.717) is 0 Å². The SMILES string of the molecule is CC.CC.N#CC(C#N)=C1c2ccccc2-c2ccccc21. The molecule has 0 bridgehead atoms. The van der Waals surface area contributed by atoms with Gasteiger partial charge in [0.2, 0.25) is 0 Å². The van der Waals surface area contributed by atoms with E-state index in [2.05, 4.69) is 0 Å². The Bertz CT molecular complexity index is 692. The first-order chi connectivity index (χ1) is 10.9. The average Bonchev–Trinajstić information content (AvgIpc) is 2.95. The van der Waals surface area contributed by atoms with E-state index >= 15 is 0 Å². The van der Waals surface area contributed by atoms with Gasteiger partial charge in [-0.05, 0) is 22.3 Å². The van der Waals surface area contributed by atoms with Crippen LogP contribution in [0.3, 0.4) is 0 Å². The molecule has 0 aliphatic heterocycles. The topological polar surface area (TPSA) is 47.6 Å². The zero-order chi connectivity index (χ0) is 16.5. The third kappa shape index (κ3) is 2.92. The third-order valence-electron chi connectivity index (χ3n) is 3.16. The fourth-order valence-electron chi connectivity index (χ4n) is 2.42. The van der Waals surface area contributed by atoms with E-state index in [9.17, 15) is 0 Å². The van der Waals surface area contributed by atoms with Gasteiger partial charge in [-0.15, -0.1) is 0 Å². The number of nitrogens with zero attached hydrogens (tertiary/aromatic N) is 2. The lowest BCUT2D eigenvalue weighted by atomic mass is 9.99. The molecule has 0 atom stereocenters. The van der Waals surface area contributed by atoms with Crippen molar-refractivity contribution in [2.75, 3.05) is 0 Å². The molecule has 0 unspecified atom stereocenters. The van der Waals surface area contributed by atoms with E-state index < -0.39 is 0 Å². The maximum absolute atomic E-state index is 9.11. The summed E-state index contributed by atoms with van der Waals surface area (Å²) < 4.78 is 0. The molecule has 0 heterocycles. The summed E-state index contributed by atoms with van der Waals surface area (Å²) in [5.41, 5.74) is 5.05. The molecular weight excluding hydrogens is 268 g/mol. The fraction of sp³-hybridized carbons (Fsp3) is 0.200. The third-order valence-corrected chi connectivity index (χ3v) is 3.16. The van der Waals surface area contributed by atoms with Crippen LogP contribution in [0.25, 0.3) is 16.7 Å². The Balaban J connectivity index is 0.000000561. The highest BCUT2D eigenvalue weighted by atomic mass is 14.3. The van der Waals surface area contributed by atoms with Gasteiger partial charge in [-0.25, -0.2) is 0 Å². The molecule has 1 aliphatic rings. The summed E-state index contributed by atoms with van der Waals surface area (Å²) in [6.07, 6.45) is 0. The minimum Gasteiger partial charge on any atom is -0.192 e. The standard InChI is InChI=1S/C16H8N2.2C2H6/c17-9-11(10-18)16-14-7-3-1-5-12(14)13-6-2-4-8-15(13)16;2*1-2/h1-8H;2*1-2H3. The summed E-state index contributed by atoms with van der Waals surface area (Å²) in [7, 11) is 0. The summed E-state index contributed by atoms with van der Waals surface area (Å²) in [5, 5.41) is 18.2. The van der Waals surface area contributed by atoms with Crippen molar-refractivity contribution < 1.29 is 0 Å². The van der Waals surface area contributed by atoms with E-state index in [1.54, 1.807) is 0 Å². The summed E-state index contributed by atoms with van der Waals surface area (Å²) in [5.74, 6) is 0. The normalized spacial score (nSPS) is 9.64. The van der Waals surface area contributed by atoms with Crippen molar-refractivity contribution in [3.05, 3.63) is 65.2 Å². The second-order valence-electron chi connectivity index (χ2n) is 4.06. The lowest BCUT2D eigenvalue weighted by Gasteiger charge is -2.01. The van der Waals surface area contributed by atoms with E-state index in [-0.39, 0.29) is 5.57 Å². The fourth-order valence-corrected chi connectivity index (χ4v) is 2.42. The highest BCUT2D eigenvalue weighted by molar-refractivity contribution is 6.03. The van der Waals surface area contributed by atoms with E-state index in [1.807, 2.05) is 88.4 Å². The molecular formula is C20H20N2. The minimum absolute atomic E-state index is 0.174. The Morgan fingerprint density at radius 1 is 0.636 bits per heavy atom. The van der Waals surface area contributed by atoms with Crippen LogP contribution in [-0.4, -0.2) is 0 Å². The van der Waals surface area contributed by atoms with Crippen molar-refractivity contribution in [3.63, 3.8) is 0 Å². The number of allylic oxidation sites excluding steroid dienone is 1. The average molecular weight is 288 g/mol. The van der Waals surface area contributed by atoms with Gasteiger partial charge in [-0.2, -0.15) is 10.5 Å². The number of rotatable bonds is 0. The van der Waals surface area contributed by atoms with Crippen LogP contribution in [0.5, 0.6) is 0 Å². The Morgan fingerprint density at radius 2 is 0.955 bits per heavy atom. The molecule has 0 fully saturated rings. The Morgan fingerprint density at radius 3 is 1.27 bits per heavy atom. The minimum atomic E-state index is 0.174. The van der Waals surface area contributed by atoms with Crippen LogP contribution in [0.1, 0.15) is 38.8 Å². The molecule has 2 heteroatoms. The predicted octanol–water partition coefficient (Wildman–Crippen LogP) is 5.57. The smallest absolute Gasteiger partial charge is 0.138 e. The number of hydrogen-bond donors (Lipinski definition) is 0. The quantitative estimate of drug-likeness (QED) is 0.508. The van der Waals surface area contributed by atoms with Crippen molar-refractivity contribution >= 4 is 5.57 Å². The van der Waals surface area contributed by atoms with Gasteiger partial charge in [0.05, 0.1) is 0 Å². The first-order valence-corrected chi connectivity index (χ1v) is 7.60. The van der Waals surface area contributed by atoms with Crippen molar-refractivity contribution in [2.45, 2.75) is 27.7 Å². The highest BCUT2D eigenvalue weighted by Crippen LogP contribution is 2.45. The lowest BCUT2D eigenvalue weighted by molar-refractivity contribution is 1.46. The summed E-state index contributed by atoms with van der Waals surface area (Å²) in [6.45, 7) is 8.00. The van der Waals surface area contributed by atoms with Crippen LogP contribution in [0.15, 0.2) is 54.1 Å². The molecule has 2 aromatic rings. The lowest BCUT2D eigenvalue weighted by Crippen LogP contribution is -1.86. The number of benzene rings is 2. The van der Waals surface area contributed by atoms with E-state index in [1.165, 1.54) is 0 Å². The maximum atomic E-state index is 9.11. The number of nitriles is 2. The summed E-state index contributed by atoms with van der Waals surface area (Å²) in [4.78, 5) is 0. The molecule has 2 nitrogen and oxygen atoms in total. The van der Waals surface area contributed by atoms with Crippen molar-refractivity contribution in [2.24, 2.45) is 0 Å². The zero-order valence-corrected chi connectivity index (χ0v) is 13.5. The van der Waals surface area contributed by atoms with Crippen LogP contribution in [0.4, 0.5) is 0 Å². The van der Waals surface area contributed by atoms with Crippen molar-refractivity contribution in [3.8, 4) is 23.3 Å². The first-order valence-electron chi connectivity index (χ1n) is 7.60. The molecule has 0 amide bonds. The van der Waals surface area contributed by atoms with Gasteiger partial charge in [0.1, 0.15) is 17.7 Å². The zero-order valence-electron chi connectivity index (χ0n) is 13.5. The Kier molecular flexibility index (Phi) is 6.61. The van der Waals surface area contributed by atoms with Gasteiger partial charge in [0, 0.05) is 5.57 Å². The van der Waals surface area contributed by atoms with Gasteiger partial charge in [-0.1, -0.05) is 76.2 Å². The first kappa shape index (κ1) is 17.2. The van der Waals surface area contributed by atoms with E-state index in [0.717, 1.165) is 27.8 Å². The number of hydrogen-bond acceptors (Lipinski definition) is 2. The second kappa shape index (κ2) is 8.45. The molecule has 2 aromatic carbocycles. The molecule has 0 radical (unpaired) electrons. The molecule has 1 aliphatic carbocycles. The van der Waals surface area contributed by atoms with Crippen LogP contribution < -0.4 is 0 Å². The highest BCUT2D eigenvalue weighted by Gasteiger charge is 2.25.